The minimum Gasteiger partial charge on any atom is -0.396 e. The zero-order chi connectivity index (χ0) is 19.2. The van der Waals surface area contributed by atoms with Gasteiger partial charge < -0.3 is 15.7 Å². The van der Waals surface area contributed by atoms with Crippen LogP contribution in [-0.4, -0.2) is 30.1 Å². The second-order valence-corrected chi connectivity index (χ2v) is 5.48. The number of hydrogen-bond donors (Lipinski definition) is 3. The maximum Gasteiger partial charge on any atom is 0.416 e. The van der Waals surface area contributed by atoms with Gasteiger partial charge in [0, 0.05) is 17.9 Å². The van der Waals surface area contributed by atoms with Crippen molar-refractivity contribution in [3.8, 4) is 0 Å². The number of amides is 2. The zero-order valence-corrected chi connectivity index (χ0v) is 13.6. The topological polar surface area (TPSA) is 78.4 Å². The number of carbonyl (C=O) groups excluding carboxylic acids is 2. The van der Waals surface area contributed by atoms with E-state index >= 15 is 0 Å². The molecule has 0 aliphatic carbocycles. The van der Waals surface area contributed by atoms with Crippen LogP contribution in [0, 0.1) is 0 Å². The highest BCUT2D eigenvalue weighted by Gasteiger charge is 2.30. The molecule has 5 nitrogen and oxygen atoms in total. The Morgan fingerprint density at radius 1 is 0.962 bits per heavy atom. The molecule has 0 spiro atoms. The van der Waals surface area contributed by atoms with Gasteiger partial charge in [-0.1, -0.05) is 12.1 Å². The minimum atomic E-state index is -4.47. The fourth-order valence-corrected chi connectivity index (χ4v) is 2.16. The Balaban J connectivity index is 1.85. The lowest BCUT2D eigenvalue weighted by atomic mass is 10.1. The molecule has 3 N–H and O–H groups in total. The monoisotopic (exact) mass is 366 g/mol. The van der Waals surface area contributed by atoms with Crippen molar-refractivity contribution in [1.29, 1.82) is 0 Å². The zero-order valence-electron chi connectivity index (χ0n) is 13.6. The first-order chi connectivity index (χ1) is 12.3. The lowest BCUT2D eigenvalue weighted by molar-refractivity contribution is -0.137. The predicted octanol–water partition coefficient (Wildman–Crippen LogP) is 2.61. The summed E-state index contributed by atoms with van der Waals surface area (Å²) in [6.07, 6.45) is -3.96. The maximum absolute atomic E-state index is 12.5. The SMILES string of the molecule is O=C(CNC(=O)c1ccc(C(F)(F)F)cc1)Nc1ccc(CCO)cc1. The number of halogens is 3. The molecule has 26 heavy (non-hydrogen) atoms. The molecule has 0 bridgehead atoms. The number of nitrogens with one attached hydrogen (secondary N) is 2. The summed E-state index contributed by atoms with van der Waals surface area (Å²) >= 11 is 0. The summed E-state index contributed by atoms with van der Waals surface area (Å²) in [5.41, 5.74) is 0.622. The number of carbonyl (C=O) groups is 2. The average molecular weight is 366 g/mol. The minimum absolute atomic E-state index is 0.0270. The van der Waals surface area contributed by atoms with Crippen molar-refractivity contribution in [2.45, 2.75) is 12.6 Å². The summed E-state index contributed by atoms with van der Waals surface area (Å²) in [6, 6.07) is 10.6. The molecule has 2 aromatic rings. The Morgan fingerprint density at radius 2 is 1.58 bits per heavy atom. The highest BCUT2D eigenvalue weighted by molar-refractivity contribution is 5.99. The molecular weight excluding hydrogens is 349 g/mol. The normalized spacial score (nSPS) is 11.1. The number of aliphatic hydroxyl groups is 1. The third-order valence-electron chi connectivity index (χ3n) is 3.52. The van der Waals surface area contributed by atoms with Gasteiger partial charge in [0.15, 0.2) is 0 Å². The molecule has 0 atom stereocenters. The fourth-order valence-electron chi connectivity index (χ4n) is 2.16. The summed E-state index contributed by atoms with van der Waals surface area (Å²) in [6.45, 7) is -0.292. The molecule has 0 unspecified atom stereocenters. The van der Waals surface area contributed by atoms with E-state index < -0.39 is 23.6 Å². The second kappa shape index (κ2) is 8.48. The van der Waals surface area contributed by atoms with Gasteiger partial charge in [0.25, 0.3) is 5.91 Å². The Hall–Kier alpha value is -2.87. The molecule has 0 saturated carbocycles. The van der Waals surface area contributed by atoms with Crippen molar-refractivity contribution in [2.75, 3.05) is 18.5 Å². The van der Waals surface area contributed by atoms with Crippen LogP contribution >= 0.6 is 0 Å². The van der Waals surface area contributed by atoms with Crippen LogP contribution in [0.4, 0.5) is 18.9 Å². The van der Waals surface area contributed by atoms with Crippen LogP contribution in [0.1, 0.15) is 21.5 Å². The van der Waals surface area contributed by atoms with Gasteiger partial charge in [-0.2, -0.15) is 13.2 Å². The van der Waals surface area contributed by atoms with Crippen LogP contribution in [0.5, 0.6) is 0 Å². The first-order valence-corrected chi connectivity index (χ1v) is 7.74. The lowest BCUT2D eigenvalue weighted by Gasteiger charge is -2.09. The summed E-state index contributed by atoms with van der Waals surface area (Å²) in [5, 5.41) is 13.8. The van der Waals surface area contributed by atoms with Crippen LogP contribution in [0.2, 0.25) is 0 Å². The van der Waals surface area contributed by atoms with E-state index in [1.807, 2.05) is 0 Å². The van der Waals surface area contributed by atoms with Crippen LogP contribution in [0.25, 0.3) is 0 Å². The molecule has 2 rings (SSSR count). The Labute approximate surface area is 147 Å². The molecule has 2 amide bonds. The number of hydrogen-bond acceptors (Lipinski definition) is 3. The largest absolute Gasteiger partial charge is 0.416 e. The van der Waals surface area contributed by atoms with Gasteiger partial charge in [-0.15, -0.1) is 0 Å². The van der Waals surface area contributed by atoms with E-state index in [2.05, 4.69) is 10.6 Å². The predicted molar refractivity (Wildman–Crippen MR) is 89.6 cm³/mol. The van der Waals surface area contributed by atoms with Crippen LogP contribution < -0.4 is 10.6 Å². The number of benzene rings is 2. The van der Waals surface area contributed by atoms with Gasteiger partial charge in [0.1, 0.15) is 0 Å². The third-order valence-corrected chi connectivity index (χ3v) is 3.52. The van der Waals surface area contributed by atoms with Crippen molar-refractivity contribution in [2.24, 2.45) is 0 Å². The van der Waals surface area contributed by atoms with Crippen molar-refractivity contribution < 1.29 is 27.9 Å². The fraction of sp³-hybridized carbons (Fsp3) is 0.222. The number of rotatable bonds is 6. The number of aliphatic hydroxyl groups excluding tert-OH is 1. The first kappa shape index (κ1) is 19.5. The van der Waals surface area contributed by atoms with E-state index in [1.54, 1.807) is 24.3 Å². The molecule has 138 valence electrons. The van der Waals surface area contributed by atoms with E-state index in [-0.39, 0.29) is 18.7 Å². The molecule has 8 heteroatoms. The second-order valence-electron chi connectivity index (χ2n) is 5.48. The van der Waals surface area contributed by atoms with Crippen molar-refractivity contribution >= 4 is 17.5 Å². The molecule has 0 radical (unpaired) electrons. The number of anilines is 1. The molecule has 0 heterocycles. The van der Waals surface area contributed by atoms with E-state index in [0.717, 1.165) is 29.8 Å². The van der Waals surface area contributed by atoms with Gasteiger partial charge >= 0.3 is 6.18 Å². The summed E-state index contributed by atoms with van der Waals surface area (Å²) in [5.74, 6) is -1.12. The molecule has 0 aliphatic heterocycles. The Bertz CT molecular complexity index is 757. The molecule has 0 aromatic heterocycles. The molecule has 2 aromatic carbocycles. The van der Waals surface area contributed by atoms with Crippen LogP contribution in [0.3, 0.4) is 0 Å². The molecule has 0 aliphatic rings. The van der Waals surface area contributed by atoms with Crippen molar-refractivity contribution in [1.82, 2.24) is 5.32 Å². The quantitative estimate of drug-likeness (QED) is 0.735. The lowest BCUT2D eigenvalue weighted by Crippen LogP contribution is -2.32. The van der Waals surface area contributed by atoms with Gasteiger partial charge in [0.2, 0.25) is 5.91 Å². The van der Waals surface area contributed by atoms with E-state index in [4.69, 9.17) is 5.11 Å². The molecule has 0 saturated heterocycles. The third kappa shape index (κ3) is 5.59. The van der Waals surface area contributed by atoms with E-state index in [1.165, 1.54) is 0 Å². The van der Waals surface area contributed by atoms with Gasteiger partial charge in [-0.3, -0.25) is 9.59 Å². The number of alkyl halides is 3. The van der Waals surface area contributed by atoms with Crippen molar-refractivity contribution in [3.63, 3.8) is 0 Å². The standard InChI is InChI=1S/C18H17F3N2O3/c19-18(20,21)14-5-3-13(4-6-14)17(26)22-11-16(25)23-15-7-1-12(2-8-15)9-10-24/h1-8,24H,9-11H2,(H,22,26)(H,23,25). The highest BCUT2D eigenvalue weighted by Crippen LogP contribution is 2.29. The van der Waals surface area contributed by atoms with E-state index in [9.17, 15) is 22.8 Å². The summed E-state index contributed by atoms with van der Waals surface area (Å²) < 4.78 is 37.5. The van der Waals surface area contributed by atoms with Crippen molar-refractivity contribution in [3.05, 3.63) is 65.2 Å². The van der Waals surface area contributed by atoms with E-state index in [0.29, 0.717) is 12.1 Å². The van der Waals surface area contributed by atoms with Gasteiger partial charge in [0.05, 0.1) is 12.1 Å². The smallest absolute Gasteiger partial charge is 0.396 e. The van der Waals surface area contributed by atoms with Gasteiger partial charge in [-0.05, 0) is 48.4 Å². The maximum atomic E-state index is 12.5. The highest BCUT2D eigenvalue weighted by atomic mass is 19.4. The Kier molecular flexibility index (Phi) is 6.35. The van der Waals surface area contributed by atoms with Gasteiger partial charge in [-0.25, -0.2) is 0 Å². The van der Waals surface area contributed by atoms with Crippen LogP contribution in [-0.2, 0) is 17.4 Å². The summed E-state index contributed by atoms with van der Waals surface area (Å²) in [4.78, 5) is 23.7. The Morgan fingerprint density at radius 3 is 2.12 bits per heavy atom. The van der Waals surface area contributed by atoms with Crippen LogP contribution in [0.15, 0.2) is 48.5 Å². The first-order valence-electron chi connectivity index (χ1n) is 7.74. The molecular formula is C18H17F3N2O3. The summed E-state index contributed by atoms with van der Waals surface area (Å²) in [7, 11) is 0. The molecule has 0 fully saturated rings. The average Bonchev–Trinajstić information content (AvgIpc) is 2.61.